The lowest BCUT2D eigenvalue weighted by Crippen LogP contribution is -2.10. The van der Waals surface area contributed by atoms with Gasteiger partial charge in [-0.3, -0.25) is 0 Å². The highest BCUT2D eigenvalue weighted by molar-refractivity contribution is 5.92. The lowest BCUT2D eigenvalue weighted by atomic mass is 10.0. The first kappa shape index (κ1) is 34.7. The highest BCUT2D eigenvalue weighted by Crippen LogP contribution is 2.24. The molecule has 48 heavy (non-hydrogen) atoms. The number of carbonyl (C=O) groups is 4. The Hall–Kier alpha value is -6.16. The minimum absolute atomic E-state index is 0.122. The van der Waals surface area contributed by atoms with E-state index in [-0.39, 0.29) is 19.0 Å². The van der Waals surface area contributed by atoms with E-state index in [9.17, 15) is 19.2 Å². The van der Waals surface area contributed by atoms with Crippen molar-refractivity contribution in [3.05, 3.63) is 133 Å². The van der Waals surface area contributed by atoms with E-state index in [1.54, 1.807) is 48.5 Å². The number of benzene rings is 4. The molecule has 0 amide bonds. The van der Waals surface area contributed by atoms with Crippen molar-refractivity contribution in [1.82, 2.24) is 0 Å². The van der Waals surface area contributed by atoms with E-state index < -0.39 is 23.9 Å². The number of rotatable bonds is 17. The zero-order valence-corrected chi connectivity index (χ0v) is 26.1. The summed E-state index contributed by atoms with van der Waals surface area (Å²) < 4.78 is 31.9. The van der Waals surface area contributed by atoms with Crippen LogP contribution in [0, 0.1) is 0 Å². The van der Waals surface area contributed by atoms with E-state index >= 15 is 0 Å². The number of unbranched alkanes of at least 4 members (excludes halogenated alkanes) is 1. The largest absolute Gasteiger partial charge is 0.494 e. The van der Waals surface area contributed by atoms with E-state index in [0.717, 1.165) is 23.3 Å². The Labute approximate surface area is 278 Å². The summed E-state index contributed by atoms with van der Waals surface area (Å²) in [6.45, 7) is 7.75. The van der Waals surface area contributed by atoms with Gasteiger partial charge in [-0.1, -0.05) is 37.4 Å². The third-order valence-electron chi connectivity index (χ3n) is 6.62. The lowest BCUT2D eigenvalue weighted by molar-refractivity contribution is -0.139. The summed E-state index contributed by atoms with van der Waals surface area (Å²) in [6.07, 6.45) is 3.57. The van der Waals surface area contributed by atoms with Crippen molar-refractivity contribution >= 4 is 23.9 Å². The smallest absolute Gasteiger partial charge is 0.343 e. The van der Waals surface area contributed by atoms with Gasteiger partial charge in [-0.25, -0.2) is 19.2 Å². The molecule has 4 aromatic rings. The molecule has 0 bridgehead atoms. The molecular formula is C38H34O10. The Morgan fingerprint density at radius 2 is 0.833 bits per heavy atom. The van der Waals surface area contributed by atoms with Crippen LogP contribution in [0.25, 0.3) is 11.1 Å². The van der Waals surface area contributed by atoms with Crippen LogP contribution in [0.5, 0.6) is 23.0 Å². The van der Waals surface area contributed by atoms with Crippen LogP contribution in [0.2, 0.25) is 0 Å². The van der Waals surface area contributed by atoms with Crippen LogP contribution in [0.1, 0.15) is 33.6 Å². The quantitative estimate of drug-likeness (QED) is 0.0522. The Morgan fingerprint density at radius 1 is 0.458 bits per heavy atom. The molecule has 10 nitrogen and oxygen atoms in total. The lowest BCUT2D eigenvalue weighted by Gasteiger charge is -2.09. The summed E-state index contributed by atoms with van der Waals surface area (Å²) >= 11 is 0. The van der Waals surface area contributed by atoms with Gasteiger partial charge in [0.15, 0.2) is 0 Å². The van der Waals surface area contributed by atoms with Crippen LogP contribution >= 0.6 is 0 Å². The highest BCUT2D eigenvalue weighted by Gasteiger charge is 2.12. The Balaban J connectivity index is 1.20. The predicted octanol–water partition coefficient (Wildman–Crippen LogP) is 6.79. The zero-order valence-electron chi connectivity index (χ0n) is 26.1. The molecular weight excluding hydrogens is 616 g/mol. The second kappa shape index (κ2) is 18.1. The second-order valence-electron chi connectivity index (χ2n) is 10.0. The number of hydrogen-bond donors (Lipinski definition) is 0. The van der Waals surface area contributed by atoms with Crippen molar-refractivity contribution in [2.45, 2.75) is 12.8 Å². The van der Waals surface area contributed by atoms with Crippen molar-refractivity contribution in [2.75, 3.05) is 26.4 Å². The minimum atomic E-state index is -0.552. The van der Waals surface area contributed by atoms with Crippen LogP contribution in [0.4, 0.5) is 0 Å². The predicted molar refractivity (Wildman–Crippen MR) is 177 cm³/mol. The van der Waals surface area contributed by atoms with Crippen LogP contribution in [0.3, 0.4) is 0 Å². The SMILES string of the molecule is C=CC(=O)OCCCCOc1ccc(C(=O)Oc2ccc(OC(=O)c3ccc(-c4ccc(OCCOC(=O)C=C)cc4)cc3)cc2)cc1. The van der Waals surface area contributed by atoms with Gasteiger partial charge in [0.2, 0.25) is 0 Å². The molecule has 4 rings (SSSR count). The third-order valence-corrected chi connectivity index (χ3v) is 6.62. The third kappa shape index (κ3) is 11.0. The van der Waals surface area contributed by atoms with E-state index in [0.29, 0.717) is 54.4 Å². The fourth-order valence-corrected chi connectivity index (χ4v) is 4.12. The maximum Gasteiger partial charge on any atom is 0.343 e. The molecule has 0 saturated heterocycles. The summed E-state index contributed by atoms with van der Waals surface area (Å²) in [7, 11) is 0. The van der Waals surface area contributed by atoms with Gasteiger partial charge in [-0.15, -0.1) is 0 Å². The number of carbonyl (C=O) groups excluding carboxylic acids is 4. The van der Waals surface area contributed by atoms with Crippen molar-refractivity contribution in [2.24, 2.45) is 0 Å². The Bertz CT molecular complexity index is 1690. The van der Waals surface area contributed by atoms with Crippen LogP contribution in [-0.4, -0.2) is 50.3 Å². The fraction of sp³-hybridized carbons (Fsp3) is 0.158. The topological polar surface area (TPSA) is 124 Å². The van der Waals surface area contributed by atoms with Gasteiger partial charge in [0.25, 0.3) is 0 Å². The zero-order chi connectivity index (χ0) is 34.1. The van der Waals surface area contributed by atoms with E-state index in [1.807, 2.05) is 24.3 Å². The molecule has 0 unspecified atom stereocenters. The Kier molecular flexibility index (Phi) is 13.1. The average Bonchev–Trinajstić information content (AvgIpc) is 3.12. The van der Waals surface area contributed by atoms with Crippen LogP contribution in [0.15, 0.2) is 122 Å². The molecule has 10 heteroatoms. The van der Waals surface area contributed by atoms with Crippen LogP contribution < -0.4 is 18.9 Å². The van der Waals surface area contributed by atoms with Gasteiger partial charge in [0.1, 0.15) is 36.2 Å². The normalized spacial score (nSPS) is 10.2. The molecule has 4 aromatic carbocycles. The molecule has 0 radical (unpaired) electrons. The molecule has 0 N–H and O–H groups in total. The number of ether oxygens (including phenoxy) is 6. The summed E-state index contributed by atoms with van der Waals surface area (Å²) in [5.74, 6) is -0.236. The van der Waals surface area contributed by atoms with Gasteiger partial charge < -0.3 is 28.4 Å². The molecule has 0 aliphatic heterocycles. The summed E-state index contributed by atoms with van der Waals surface area (Å²) in [6, 6.07) is 27.0. The number of hydrogen-bond acceptors (Lipinski definition) is 10. The molecule has 0 spiro atoms. The van der Waals surface area contributed by atoms with Gasteiger partial charge in [0, 0.05) is 12.2 Å². The van der Waals surface area contributed by atoms with Crippen molar-refractivity contribution in [3.63, 3.8) is 0 Å². The van der Waals surface area contributed by atoms with Crippen molar-refractivity contribution in [1.29, 1.82) is 0 Å². The van der Waals surface area contributed by atoms with E-state index in [1.165, 1.54) is 24.3 Å². The van der Waals surface area contributed by atoms with Crippen molar-refractivity contribution < 1.29 is 47.6 Å². The number of esters is 4. The minimum Gasteiger partial charge on any atom is -0.494 e. The first-order valence-electron chi connectivity index (χ1n) is 15.0. The molecule has 0 aliphatic carbocycles. The molecule has 0 saturated carbocycles. The van der Waals surface area contributed by atoms with Crippen molar-refractivity contribution in [3.8, 4) is 34.1 Å². The van der Waals surface area contributed by atoms with E-state index in [4.69, 9.17) is 28.4 Å². The van der Waals surface area contributed by atoms with Gasteiger partial charge in [0.05, 0.1) is 24.3 Å². The highest BCUT2D eigenvalue weighted by atomic mass is 16.6. The maximum absolute atomic E-state index is 12.7. The molecule has 0 fully saturated rings. The molecule has 0 heterocycles. The maximum atomic E-state index is 12.7. The van der Waals surface area contributed by atoms with Gasteiger partial charge >= 0.3 is 23.9 Å². The van der Waals surface area contributed by atoms with Gasteiger partial charge in [-0.2, -0.15) is 0 Å². The van der Waals surface area contributed by atoms with Crippen LogP contribution in [-0.2, 0) is 19.1 Å². The monoisotopic (exact) mass is 650 g/mol. The summed E-state index contributed by atoms with van der Waals surface area (Å²) in [5.41, 5.74) is 2.52. The van der Waals surface area contributed by atoms with Gasteiger partial charge in [-0.05, 0) is 96.8 Å². The summed E-state index contributed by atoms with van der Waals surface area (Å²) in [4.78, 5) is 47.4. The molecule has 0 aliphatic rings. The average molecular weight is 651 g/mol. The molecule has 246 valence electrons. The first-order valence-corrected chi connectivity index (χ1v) is 15.0. The first-order chi connectivity index (χ1) is 23.3. The standard InChI is InChI=1S/C38H34O10/c1-3-35(39)45-24-6-5-23-43-31-17-13-30(14-18-31)38(42)48-34-21-19-33(20-22-34)47-37(41)29-9-7-27(8-10-29)28-11-15-32(16-12-28)44-25-26-46-36(40)4-2/h3-4,7-22H,1-2,5-6,23-26H2. The molecule has 0 atom stereocenters. The second-order valence-corrected chi connectivity index (χ2v) is 10.0. The Morgan fingerprint density at radius 3 is 1.33 bits per heavy atom. The fourth-order valence-electron chi connectivity index (χ4n) is 4.12. The summed E-state index contributed by atoms with van der Waals surface area (Å²) in [5, 5.41) is 0. The van der Waals surface area contributed by atoms with E-state index in [2.05, 4.69) is 13.2 Å². The molecule has 0 aromatic heterocycles.